The normalized spacial score (nSPS) is 19.6. The van der Waals surface area contributed by atoms with E-state index in [-0.39, 0.29) is 5.60 Å². The molecule has 0 amide bonds. The van der Waals surface area contributed by atoms with Gasteiger partial charge in [0.1, 0.15) is 0 Å². The van der Waals surface area contributed by atoms with Crippen molar-refractivity contribution in [2.45, 2.75) is 31.1 Å². The lowest BCUT2D eigenvalue weighted by atomic mass is 9.84. The lowest BCUT2D eigenvalue weighted by molar-refractivity contribution is -0.0785. The molecule has 3 aliphatic rings. The van der Waals surface area contributed by atoms with Gasteiger partial charge in [0.15, 0.2) is 0 Å². The van der Waals surface area contributed by atoms with Gasteiger partial charge in [-0.25, -0.2) is 0 Å². The van der Waals surface area contributed by atoms with Gasteiger partial charge in [-0.05, 0) is 46.2 Å². The van der Waals surface area contributed by atoms with E-state index in [4.69, 9.17) is 4.74 Å². The fourth-order valence-corrected chi connectivity index (χ4v) is 5.68. The maximum atomic E-state index is 6.32. The number of piperidine rings is 1. The number of hydrogen-bond donors (Lipinski definition) is 1. The third-order valence-corrected chi connectivity index (χ3v) is 7.29. The lowest BCUT2D eigenvalue weighted by Gasteiger charge is -2.39. The molecule has 3 aromatic rings. The summed E-state index contributed by atoms with van der Waals surface area (Å²) in [5.74, 6) is 0. The zero-order valence-corrected chi connectivity index (χ0v) is 17.3. The molecule has 3 nitrogen and oxygen atoms in total. The predicted molar refractivity (Wildman–Crippen MR) is 120 cm³/mol. The Hall–Kier alpha value is -2.46. The van der Waals surface area contributed by atoms with E-state index >= 15 is 0 Å². The first-order valence-corrected chi connectivity index (χ1v) is 11.2. The molecular formula is C27H28N2O. The highest BCUT2D eigenvalue weighted by Gasteiger charge is 2.42. The van der Waals surface area contributed by atoms with Crippen LogP contribution in [0.5, 0.6) is 0 Å². The Morgan fingerprint density at radius 2 is 1.47 bits per heavy atom. The fraction of sp³-hybridized carbons (Fsp3) is 0.333. The highest BCUT2D eigenvalue weighted by molar-refractivity contribution is 5.78. The van der Waals surface area contributed by atoms with Crippen LogP contribution in [0.4, 0.5) is 0 Å². The van der Waals surface area contributed by atoms with Crippen molar-refractivity contribution in [1.82, 2.24) is 10.2 Å². The number of ether oxygens (including phenoxy) is 1. The molecular weight excluding hydrogens is 368 g/mol. The van der Waals surface area contributed by atoms with Gasteiger partial charge in [0.05, 0.1) is 18.2 Å². The number of rotatable bonds is 4. The summed E-state index contributed by atoms with van der Waals surface area (Å²) in [6, 6.07) is 26.7. The van der Waals surface area contributed by atoms with Gasteiger partial charge in [-0.2, -0.15) is 0 Å². The molecule has 0 atom stereocenters. The van der Waals surface area contributed by atoms with Gasteiger partial charge in [0, 0.05) is 26.2 Å². The minimum atomic E-state index is -0.0378. The summed E-state index contributed by atoms with van der Waals surface area (Å²) in [5, 5.41) is 3.85. The van der Waals surface area contributed by atoms with Crippen LogP contribution in [-0.4, -0.2) is 31.1 Å². The molecule has 2 aliphatic heterocycles. The average Bonchev–Trinajstić information content (AvgIpc) is 3.32. The minimum Gasteiger partial charge on any atom is -0.365 e. The van der Waals surface area contributed by atoms with Crippen molar-refractivity contribution in [3.05, 3.63) is 95.1 Å². The standard InChI is InChI=1S/C27H28N2O/c1-6-12-25-20(7-1)19-30-27(25)13-16-29(17-14-27)18-15-28-26-23-10-4-2-8-21(23)22-9-3-5-11-24(22)26/h1-12,26,28H,13-19H2. The van der Waals surface area contributed by atoms with Crippen molar-refractivity contribution in [3.8, 4) is 11.1 Å². The Kier molecular flexibility index (Phi) is 4.49. The molecule has 2 heterocycles. The zero-order valence-electron chi connectivity index (χ0n) is 17.3. The molecule has 30 heavy (non-hydrogen) atoms. The number of nitrogens with one attached hydrogen (secondary N) is 1. The zero-order chi connectivity index (χ0) is 20.0. The molecule has 0 bridgehead atoms. The second-order valence-corrected chi connectivity index (χ2v) is 8.84. The highest BCUT2D eigenvalue weighted by atomic mass is 16.5. The van der Waals surface area contributed by atoms with E-state index in [9.17, 15) is 0 Å². The average molecular weight is 397 g/mol. The Labute approximate surface area is 178 Å². The largest absolute Gasteiger partial charge is 0.365 e. The first-order valence-electron chi connectivity index (χ1n) is 11.2. The first kappa shape index (κ1) is 18.3. The van der Waals surface area contributed by atoms with Crippen molar-refractivity contribution in [1.29, 1.82) is 0 Å². The van der Waals surface area contributed by atoms with E-state index < -0.39 is 0 Å². The van der Waals surface area contributed by atoms with Crippen LogP contribution in [0.15, 0.2) is 72.8 Å². The van der Waals surface area contributed by atoms with Crippen LogP contribution >= 0.6 is 0 Å². The monoisotopic (exact) mass is 396 g/mol. The van der Waals surface area contributed by atoms with Crippen molar-refractivity contribution in [3.63, 3.8) is 0 Å². The smallest absolute Gasteiger partial charge is 0.0963 e. The van der Waals surface area contributed by atoms with Gasteiger partial charge in [0.25, 0.3) is 0 Å². The van der Waals surface area contributed by atoms with Gasteiger partial charge >= 0.3 is 0 Å². The fourth-order valence-electron chi connectivity index (χ4n) is 5.68. The van der Waals surface area contributed by atoms with E-state index in [0.717, 1.165) is 45.6 Å². The molecule has 1 spiro atoms. The van der Waals surface area contributed by atoms with Gasteiger partial charge in [-0.1, -0.05) is 72.8 Å². The van der Waals surface area contributed by atoms with Crippen LogP contribution in [0.25, 0.3) is 11.1 Å². The molecule has 1 aliphatic carbocycles. The van der Waals surface area contributed by atoms with Crippen LogP contribution in [0.1, 0.15) is 41.1 Å². The summed E-state index contributed by atoms with van der Waals surface area (Å²) < 4.78 is 6.32. The molecule has 0 unspecified atom stereocenters. The van der Waals surface area contributed by atoms with E-state index in [2.05, 4.69) is 83.0 Å². The molecule has 1 fully saturated rings. The minimum absolute atomic E-state index is 0.0378. The highest BCUT2D eigenvalue weighted by Crippen LogP contribution is 2.44. The van der Waals surface area contributed by atoms with E-state index in [0.29, 0.717) is 6.04 Å². The van der Waals surface area contributed by atoms with E-state index in [1.807, 2.05) is 0 Å². The van der Waals surface area contributed by atoms with E-state index in [1.54, 1.807) is 0 Å². The SMILES string of the molecule is c1ccc2c(c1)COC21CCN(CCNC2c3ccccc3-c3ccccc32)CC1. The molecule has 152 valence electrons. The number of hydrogen-bond acceptors (Lipinski definition) is 3. The molecule has 3 heteroatoms. The maximum absolute atomic E-state index is 6.32. The second kappa shape index (κ2) is 7.35. The van der Waals surface area contributed by atoms with E-state index in [1.165, 1.54) is 33.4 Å². The second-order valence-electron chi connectivity index (χ2n) is 8.84. The summed E-state index contributed by atoms with van der Waals surface area (Å²) in [5.41, 5.74) is 8.35. The van der Waals surface area contributed by atoms with Crippen LogP contribution < -0.4 is 5.32 Å². The summed E-state index contributed by atoms with van der Waals surface area (Å²) in [4.78, 5) is 2.59. The lowest BCUT2D eigenvalue weighted by Crippen LogP contribution is -2.44. The number of benzene rings is 3. The number of nitrogens with zero attached hydrogens (tertiary/aromatic N) is 1. The summed E-state index contributed by atoms with van der Waals surface area (Å²) in [6.45, 7) is 5.07. The van der Waals surface area contributed by atoms with Crippen molar-refractivity contribution >= 4 is 0 Å². The van der Waals surface area contributed by atoms with Gasteiger partial charge in [0.2, 0.25) is 0 Å². The van der Waals surface area contributed by atoms with Crippen LogP contribution in [0.2, 0.25) is 0 Å². The predicted octanol–water partition coefficient (Wildman–Crippen LogP) is 4.87. The topological polar surface area (TPSA) is 24.5 Å². The molecule has 1 N–H and O–H groups in total. The summed E-state index contributed by atoms with van der Waals surface area (Å²) >= 11 is 0. The summed E-state index contributed by atoms with van der Waals surface area (Å²) in [6.07, 6.45) is 2.19. The van der Waals surface area contributed by atoms with Gasteiger partial charge in [-0.15, -0.1) is 0 Å². The third-order valence-electron chi connectivity index (χ3n) is 7.29. The maximum Gasteiger partial charge on any atom is 0.0963 e. The molecule has 0 aromatic heterocycles. The van der Waals surface area contributed by atoms with Crippen LogP contribution in [-0.2, 0) is 16.9 Å². The van der Waals surface area contributed by atoms with Crippen LogP contribution in [0.3, 0.4) is 0 Å². The molecule has 0 saturated carbocycles. The quantitative estimate of drug-likeness (QED) is 0.681. The Balaban J connectivity index is 1.09. The van der Waals surface area contributed by atoms with Crippen molar-refractivity contribution < 1.29 is 4.74 Å². The van der Waals surface area contributed by atoms with Crippen molar-refractivity contribution in [2.24, 2.45) is 0 Å². The summed E-state index contributed by atoms with van der Waals surface area (Å²) in [7, 11) is 0. The Morgan fingerprint density at radius 1 is 0.833 bits per heavy atom. The molecule has 1 saturated heterocycles. The molecule has 0 radical (unpaired) electrons. The van der Waals surface area contributed by atoms with Gasteiger partial charge in [-0.3, -0.25) is 0 Å². The first-order chi connectivity index (χ1) is 14.8. The third kappa shape index (κ3) is 2.92. The van der Waals surface area contributed by atoms with Crippen molar-refractivity contribution in [2.75, 3.05) is 26.2 Å². The van der Waals surface area contributed by atoms with Gasteiger partial charge < -0.3 is 15.0 Å². The number of likely N-dealkylation sites (tertiary alicyclic amines) is 1. The molecule has 3 aromatic carbocycles. The number of fused-ring (bicyclic) bond motifs is 5. The van der Waals surface area contributed by atoms with Crippen LogP contribution in [0, 0.1) is 0 Å². The molecule has 6 rings (SSSR count). The Bertz CT molecular complexity index is 1020. The Morgan fingerprint density at radius 3 is 2.20 bits per heavy atom.